The van der Waals surface area contributed by atoms with E-state index >= 15 is 0 Å². The third-order valence-corrected chi connectivity index (χ3v) is 2.77. The number of anilines is 2. The first-order valence-electron chi connectivity index (χ1n) is 6.07. The normalized spacial score (nSPS) is 10.1. The van der Waals surface area contributed by atoms with E-state index in [1.807, 2.05) is 12.1 Å². The lowest BCUT2D eigenvalue weighted by Crippen LogP contribution is -2.12. The van der Waals surface area contributed by atoms with Crippen LogP contribution in [0.4, 0.5) is 11.4 Å². The Morgan fingerprint density at radius 3 is 2.32 bits per heavy atom. The van der Waals surface area contributed by atoms with Gasteiger partial charge < -0.3 is 16.2 Å². The second-order valence-electron chi connectivity index (χ2n) is 4.34. The Balaban J connectivity index is 1.84. The Kier molecular flexibility index (Phi) is 4.03. The third-order valence-electron chi connectivity index (χ3n) is 2.77. The molecule has 2 aromatic carbocycles. The van der Waals surface area contributed by atoms with Gasteiger partial charge in [-0.3, -0.25) is 4.79 Å². The van der Waals surface area contributed by atoms with E-state index in [-0.39, 0.29) is 11.7 Å². The summed E-state index contributed by atoms with van der Waals surface area (Å²) in [6.45, 7) is 0. The van der Waals surface area contributed by atoms with E-state index in [0.29, 0.717) is 18.5 Å². The van der Waals surface area contributed by atoms with Crippen LogP contribution in [0.25, 0.3) is 0 Å². The number of carbonyl (C=O) groups excluding carboxylic acids is 1. The van der Waals surface area contributed by atoms with E-state index in [1.54, 1.807) is 36.4 Å². The minimum Gasteiger partial charge on any atom is -0.508 e. The van der Waals surface area contributed by atoms with E-state index in [4.69, 9.17) is 10.8 Å². The van der Waals surface area contributed by atoms with Crippen molar-refractivity contribution in [3.8, 4) is 5.75 Å². The molecule has 19 heavy (non-hydrogen) atoms. The van der Waals surface area contributed by atoms with Crippen molar-refractivity contribution in [1.82, 2.24) is 0 Å². The summed E-state index contributed by atoms with van der Waals surface area (Å²) >= 11 is 0. The summed E-state index contributed by atoms with van der Waals surface area (Å²) in [5.41, 5.74) is 8.00. The van der Waals surface area contributed by atoms with Crippen LogP contribution >= 0.6 is 0 Å². The Morgan fingerprint density at radius 1 is 1.05 bits per heavy atom. The maximum Gasteiger partial charge on any atom is 0.224 e. The summed E-state index contributed by atoms with van der Waals surface area (Å²) < 4.78 is 0. The summed E-state index contributed by atoms with van der Waals surface area (Å²) in [6, 6.07) is 13.9. The average Bonchev–Trinajstić information content (AvgIpc) is 2.41. The fourth-order valence-corrected chi connectivity index (χ4v) is 1.71. The van der Waals surface area contributed by atoms with Crippen molar-refractivity contribution in [2.45, 2.75) is 12.8 Å². The molecule has 0 aliphatic rings. The molecule has 4 nitrogen and oxygen atoms in total. The SMILES string of the molecule is Nc1ccc(NC(=O)CCc2ccc(O)cc2)cc1. The molecular formula is C15H16N2O2. The minimum atomic E-state index is -0.0437. The van der Waals surface area contributed by atoms with Crippen molar-refractivity contribution < 1.29 is 9.90 Å². The van der Waals surface area contributed by atoms with Crippen LogP contribution in [0.5, 0.6) is 5.75 Å². The topological polar surface area (TPSA) is 75.3 Å². The van der Waals surface area contributed by atoms with Crippen LogP contribution in [0.2, 0.25) is 0 Å². The number of amides is 1. The highest BCUT2D eigenvalue weighted by Crippen LogP contribution is 2.13. The standard InChI is InChI=1S/C15H16N2O2/c16-12-4-6-13(7-5-12)17-15(19)10-3-11-1-8-14(18)9-2-11/h1-2,4-9,18H,3,10,16H2,(H,17,19). The number of hydrogen-bond donors (Lipinski definition) is 3. The van der Waals surface area contributed by atoms with Gasteiger partial charge in [-0.2, -0.15) is 0 Å². The molecule has 0 spiro atoms. The molecule has 0 atom stereocenters. The minimum absolute atomic E-state index is 0.0437. The van der Waals surface area contributed by atoms with Crippen LogP contribution in [-0.2, 0) is 11.2 Å². The molecule has 0 radical (unpaired) electrons. The lowest BCUT2D eigenvalue weighted by atomic mass is 10.1. The Labute approximate surface area is 111 Å². The Bertz CT molecular complexity index is 547. The molecule has 0 bridgehead atoms. The molecule has 4 N–H and O–H groups in total. The van der Waals surface area contributed by atoms with Crippen LogP contribution in [-0.4, -0.2) is 11.0 Å². The van der Waals surface area contributed by atoms with Gasteiger partial charge in [0.05, 0.1) is 0 Å². The molecule has 4 heteroatoms. The van der Waals surface area contributed by atoms with E-state index in [9.17, 15) is 4.79 Å². The number of aryl methyl sites for hydroxylation is 1. The van der Waals surface area contributed by atoms with Gasteiger partial charge in [-0.05, 0) is 48.4 Å². The van der Waals surface area contributed by atoms with Crippen molar-refractivity contribution in [3.63, 3.8) is 0 Å². The predicted molar refractivity (Wildman–Crippen MR) is 75.9 cm³/mol. The first-order chi connectivity index (χ1) is 9.13. The zero-order valence-electron chi connectivity index (χ0n) is 10.5. The van der Waals surface area contributed by atoms with E-state index < -0.39 is 0 Å². The van der Waals surface area contributed by atoms with E-state index in [0.717, 1.165) is 11.3 Å². The molecular weight excluding hydrogens is 240 g/mol. The molecule has 1 amide bonds. The number of rotatable bonds is 4. The molecule has 0 saturated carbocycles. The molecule has 0 fully saturated rings. The second-order valence-corrected chi connectivity index (χ2v) is 4.34. The highest BCUT2D eigenvalue weighted by molar-refractivity contribution is 5.90. The number of hydrogen-bond acceptors (Lipinski definition) is 3. The van der Waals surface area contributed by atoms with Crippen molar-refractivity contribution in [2.24, 2.45) is 0 Å². The van der Waals surface area contributed by atoms with Crippen LogP contribution in [0.15, 0.2) is 48.5 Å². The Morgan fingerprint density at radius 2 is 1.68 bits per heavy atom. The molecule has 2 aromatic rings. The van der Waals surface area contributed by atoms with Crippen molar-refractivity contribution >= 4 is 17.3 Å². The first-order valence-corrected chi connectivity index (χ1v) is 6.07. The zero-order valence-corrected chi connectivity index (χ0v) is 10.5. The molecule has 0 aliphatic carbocycles. The number of benzene rings is 2. The maximum absolute atomic E-state index is 11.7. The van der Waals surface area contributed by atoms with Crippen molar-refractivity contribution in [1.29, 1.82) is 0 Å². The molecule has 0 aliphatic heterocycles. The first kappa shape index (κ1) is 13.0. The monoisotopic (exact) mass is 256 g/mol. The van der Waals surface area contributed by atoms with Gasteiger partial charge in [0.15, 0.2) is 0 Å². The van der Waals surface area contributed by atoms with Crippen LogP contribution < -0.4 is 11.1 Å². The second kappa shape index (κ2) is 5.91. The quantitative estimate of drug-likeness (QED) is 0.736. The van der Waals surface area contributed by atoms with Crippen LogP contribution in [0.1, 0.15) is 12.0 Å². The number of phenolic OH excluding ortho intramolecular Hbond substituents is 1. The molecule has 98 valence electrons. The van der Waals surface area contributed by atoms with E-state index in [1.165, 1.54) is 0 Å². The lowest BCUT2D eigenvalue weighted by molar-refractivity contribution is -0.116. The smallest absolute Gasteiger partial charge is 0.224 e. The fourth-order valence-electron chi connectivity index (χ4n) is 1.71. The molecule has 0 aromatic heterocycles. The summed E-state index contributed by atoms with van der Waals surface area (Å²) in [5.74, 6) is 0.188. The lowest BCUT2D eigenvalue weighted by Gasteiger charge is -2.05. The van der Waals surface area contributed by atoms with Crippen molar-refractivity contribution in [2.75, 3.05) is 11.1 Å². The van der Waals surface area contributed by atoms with Gasteiger partial charge in [0.1, 0.15) is 5.75 Å². The third kappa shape index (κ3) is 4.03. The average molecular weight is 256 g/mol. The highest BCUT2D eigenvalue weighted by Gasteiger charge is 2.03. The van der Waals surface area contributed by atoms with Gasteiger partial charge in [0.2, 0.25) is 5.91 Å². The summed E-state index contributed by atoms with van der Waals surface area (Å²) in [7, 11) is 0. The molecule has 0 heterocycles. The predicted octanol–water partition coefficient (Wildman–Crippen LogP) is 2.55. The molecule has 2 rings (SSSR count). The summed E-state index contributed by atoms with van der Waals surface area (Å²) in [6.07, 6.45) is 1.04. The fraction of sp³-hybridized carbons (Fsp3) is 0.133. The summed E-state index contributed by atoms with van der Waals surface area (Å²) in [4.78, 5) is 11.7. The number of aromatic hydroxyl groups is 1. The summed E-state index contributed by atoms with van der Waals surface area (Å²) in [5, 5.41) is 12.0. The largest absolute Gasteiger partial charge is 0.508 e. The molecule has 0 unspecified atom stereocenters. The van der Waals surface area contributed by atoms with E-state index in [2.05, 4.69) is 5.32 Å². The van der Waals surface area contributed by atoms with Gasteiger partial charge in [0, 0.05) is 17.8 Å². The molecule has 0 saturated heterocycles. The Hall–Kier alpha value is -2.49. The van der Waals surface area contributed by atoms with Gasteiger partial charge in [-0.25, -0.2) is 0 Å². The van der Waals surface area contributed by atoms with Crippen LogP contribution in [0.3, 0.4) is 0 Å². The number of nitrogens with two attached hydrogens (primary N) is 1. The van der Waals surface area contributed by atoms with Crippen molar-refractivity contribution in [3.05, 3.63) is 54.1 Å². The van der Waals surface area contributed by atoms with Gasteiger partial charge >= 0.3 is 0 Å². The number of nitrogen functional groups attached to an aromatic ring is 1. The number of nitrogens with one attached hydrogen (secondary N) is 1. The maximum atomic E-state index is 11.7. The number of phenols is 1. The van der Waals surface area contributed by atoms with Gasteiger partial charge in [-0.15, -0.1) is 0 Å². The van der Waals surface area contributed by atoms with Gasteiger partial charge in [0.25, 0.3) is 0 Å². The van der Waals surface area contributed by atoms with Gasteiger partial charge in [-0.1, -0.05) is 12.1 Å². The zero-order chi connectivity index (χ0) is 13.7. The number of carbonyl (C=O) groups is 1. The van der Waals surface area contributed by atoms with Crippen LogP contribution in [0, 0.1) is 0 Å². The highest BCUT2D eigenvalue weighted by atomic mass is 16.3.